The molecule has 45 heavy (non-hydrogen) atoms. The molecule has 8 atom stereocenters. The minimum Gasteiger partial charge on any atom is -0.493 e. The molecule has 10 rings (SSSR count). The Labute approximate surface area is 281 Å². The number of rotatable bonds is 2. The first kappa shape index (κ1) is 30.0. The van der Waals surface area contributed by atoms with Gasteiger partial charge < -0.3 is 28.7 Å². The van der Waals surface area contributed by atoms with Crippen LogP contribution in [0.15, 0.2) is 24.3 Å². The van der Waals surface area contributed by atoms with Gasteiger partial charge in [-0.2, -0.15) is 0 Å². The maximum absolute atomic E-state index is 12.6. The summed E-state index contributed by atoms with van der Waals surface area (Å²) < 4.78 is 23.6. The summed E-state index contributed by atoms with van der Waals surface area (Å²) in [6.45, 7) is 2.09. The summed E-state index contributed by atoms with van der Waals surface area (Å²) >= 11 is 0. The third-order valence-electron chi connectivity index (χ3n) is 13.2. The van der Waals surface area contributed by atoms with Gasteiger partial charge in [0.15, 0.2) is 46.8 Å². The fourth-order valence-electron chi connectivity index (χ4n) is 11.3. The molecule has 0 N–H and O–H groups in total. The Bertz CT molecular complexity index is 1490. The van der Waals surface area contributed by atoms with Crippen LogP contribution in [0.2, 0.25) is 0 Å². The predicted octanol–water partition coefficient (Wildman–Crippen LogP) is 3.49. The van der Waals surface area contributed by atoms with Crippen LogP contribution >= 0.6 is 0 Å². The van der Waals surface area contributed by atoms with Gasteiger partial charge in [-0.05, 0) is 101 Å². The summed E-state index contributed by atoms with van der Waals surface area (Å²) in [5, 5.41) is 0. The molecule has 0 radical (unpaired) electrons. The van der Waals surface area contributed by atoms with E-state index in [0.29, 0.717) is 36.8 Å². The summed E-state index contributed by atoms with van der Waals surface area (Å²) in [7, 11) is 7.82. The molecule has 4 bridgehead atoms. The Morgan fingerprint density at radius 3 is 1.53 bits per heavy atom. The Balaban J connectivity index is 0.000000131. The molecule has 2 aromatic carbocycles. The Morgan fingerprint density at radius 1 is 0.711 bits per heavy atom. The minimum atomic E-state index is -0.284. The second-order valence-corrected chi connectivity index (χ2v) is 14.6. The molecule has 9 heteroatoms. The van der Waals surface area contributed by atoms with E-state index in [-0.39, 0.29) is 57.7 Å². The first-order valence-electron chi connectivity index (χ1n) is 16.5. The van der Waals surface area contributed by atoms with E-state index >= 15 is 0 Å². The van der Waals surface area contributed by atoms with E-state index in [1.165, 1.54) is 22.3 Å². The quantitative estimate of drug-likeness (QED) is 0.472. The van der Waals surface area contributed by atoms with E-state index in [1.54, 1.807) is 14.2 Å². The van der Waals surface area contributed by atoms with Crippen LogP contribution in [-0.4, -0.2) is 110 Å². The Morgan fingerprint density at radius 2 is 1.13 bits per heavy atom. The van der Waals surface area contributed by atoms with E-state index in [9.17, 15) is 9.59 Å². The molecule has 4 aliphatic carbocycles. The minimum absolute atomic E-state index is 0. The van der Waals surface area contributed by atoms with E-state index in [2.05, 4.69) is 36.0 Å². The second kappa shape index (κ2) is 10.3. The van der Waals surface area contributed by atoms with Crippen molar-refractivity contribution in [1.29, 1.82) is 0 Å². The summed E-state index contributed by atoms with van der Waals surface area (Å²) in [6.07, 6.45) is 6.94. The number of ether oxygens (including phenoxy) is 4. The smallest absolute Gasteiger partial charge is 0.493 e. The molecule has 2 saturated carbocycles. The summed E-state index contributed by atoms with van der Waals surface area (Å²) in [5.74, 6) is 4.92. The molecule has 8 aliphatic rings. The van der Waals surface area contributed by atoms with Crippen molar-refractivity contribution in [2.45, 2.75) is 86.5 Å². The van der Waals surface area contributed by atoms with Crippen molar-refractivity contribution in [2.24, 2.45) is 11.8 Å². The number of benzene rings is 2. The van der Waals surface area contributed by atoms with Crippen molar-refractivity contribution in [3.63, 3.8) is 0 Å². The van der Waals surface area contributed by atoms with Crippen LogP contribution in [0.5, 0.6) is 23.0 Å². The molecular weight excluding hydrogens is 581 g/mol. The summed E-state index contributed by atoms with van der Waals surface area (Å²) in [6, 6.07) is 9.46. The van der Waals surface area contributed by atoms with Gasteiger partial charge >= 0.3 is 23.1 Å². The normalized spacial score (nSPS) is 37.6. The van der Waals surface area contributed by atoms with Crippen LogP contribution in [0, 0.1) is 11.8 Å². The van der Waals surface area contributed by atoms with E-state index < -0.39 is 0 Å². The van der Waals surface area contributed by atoms with Crippen LogP contribution in [0.3, 0.4) is 0 Å². The van der Waals surface area contributed by atoms with Crippen molar-refractivity contribution in [2.75, 3.05) is 41.4 Å². The zero-order chi connectivity index (χ0) is 30.1. The SMILES string of the molecule is COc1ccc2c3c1O[C@H]1C(=O)CC[C@H]4[C@@H](C2)N(C)CC[C@]314.COc1ccc2c3c1O[C@H]1C(=O)CC[C@H]4[C@@H](C2)N(C)CC[C@]314.[Mg+2]. The molecule has 0 amide bonds. The molecule has 8 nitrogen and oxygen atoms in total. The molecule has 232 valence electrons. The third kappa shape index (κ3) is 3.67. The van der Waals surface area contributed by atoms with Gasteiger partial charge in [0.25, 0.3) is 0 Å². The van der Waals surface area contributed by atoms with E-state index in [0.717, 1.165) is 74.6 Å². The second-order valence-electron chi connectivity index (χ2n) is 14.6. The van der Waals surface area contributed by atoms with Crippen molar-refractivity contribution in [1.82, 2.24) is 9.80 Å². The topological polar surface area (TPSA) is 77.5 Å². The largest absolute Gasteiger partial charge is 2.00 e. The zero-order valence-electron chi connectivity index (χ0n) is 26.9. The maximum atomic E-state index is 12.6. The van der Waals surface area contributed by atoms with Crippen LogP contribution in [0.4, 0.5) is 0 Å². The number of methoxy groups -OCH3 is 2. The fraction of sp³-hybridized carbons (Fsp3) is 0.611. The van der Waals surface area contributed by atoms with Crippen molar-refractivity contribution < 1.29 is 28.5 Å². The van der Waals surface area contributed by atoms with Gasteiger partial charge in [0.2, 0.25) is 0 Å². The number of likely N-dealkylation sites (tertiary alicyclic amines) is 2. The molecule has 4 fully saturated rings. The summed E-state index contributed by atoms with van der Waals surface area (Å²) in [5.41, 5.74) is 5.15. The summed E-state index contributed by atoms with van der Waals surface area (Å²) in [4.78, 5) is 30.2. The van der Waals surface area contributed by atoms with Crippen LogP contribution in [0.25, 0.3) is 0 Å². The van der Waals surface area contributed by atoms with E-state index in [1.807, 2.05) is 12.1 Å². The number of likely N-dealkylation sites (N-methyl/N-ethyl adjacent to an activating group) is 2. The number of carbonyl (C=O) groups excluding carboxylic acids is 2. The molecule has 2 aromatic rings. The van der Waals surface area contributed by atoms with Gasteiger partial charge in [-0.1, -0.05) is 12.1 Å². The van der Waals surface area contributed by atoms with Gasteiger partial charge in [-0.25, -0.2) is 0 Å². The van der Waals surface area contributed by atoms with Gasteiger partial charge in [-0.15, -0.1) is 0 Å². The van der Waals surface area contributed by atoms with Crippen LogP contribution < -0.4 is 18.9 Å². The maximum Gasteiger partial charge on any atom is 2.00 e. The van der Waals surface area contributed by atoms with Gasteiger partial charge in [0, 0.05) is 46.9 Å². The van der Waals surface area contributed by atoms with Crippen molar-refractivity contribution in [3.05, 3.63) is 46.5 Å². The number of hydrogen-bond donors (Lipinski definition) is 0. The zero-order valence-corrected chi connectivity index (χ0v) is 28.3. The molecular formula is C36H42MgN2O6+2. The Kier molecular flexibility index (Phi) is 6.89. The van der Waals surface area contributed by atoms with Crippen LogP contribution in [0.1, 0.15) is 60.8 Å². The number of Topliss-reactive ketones (excluding diaryl/α,β-unsaturated/α-hetero) is 2. The number of hydrogen-bond acceptors (Lipinski definition) is 8. The van der Waals surface area contributed by atoms with Gasteiger partial charge in [-0.3, -0.25) is 9.59 Å². The number of ketones is 2. The number of carbonyl (C=O) groups is 2. The predicted molar refractivity (Wildman–Crippen MR) is 169 cm³/mol. The van der Waals surface area contributed by atoms with Crippen molar-refractivity contribution >= 4 is 34.6 Å². The van der Waals surface area contributed by atoms with Gasteiger partial charge in [0.1, 0.15) is 0 Å². The Hall–Kier alpha value is -2.33. The molecule has 0 aromatic heterocycles. The third-order valence-corrected chi connectivity index (χ3v) is 13.2. The first-order chi connectivity index (χ1) is 21.3. The first-order valence-corrected chi connectivity index (χ1v) is 16.5. The fourth-order valence-corrected chi connectivity index (χ4v) is 11.3. The molecule has 4 aliphatic heterocycles. The van der Waals surface area contributed by atoms with Crippen molar-refractivity contribution in [3.8, 4) is 23.0 Å². The van der Waals surface area contributed by atoms with Gasteiger partial charge in [0.05, 0.1) is 14.2 Å². The molecule has 2 saturated heterocycles. The molecule has 0 unspecified atom stereocenters. The molecule has 4 heterocycles. The number of nitrogens with zero attached hydrogens (tertiary/aromatic N) is 2. The average Bonchev–Trinajstić information content (AvgIpc) is 3.57. The number of piperidine rings is 2. The van der Waals surface area contributed by atoms with Crippen LogP contribution in [-0.2, 0) is 33.3 Å². The monoisotopic (exact) mass is 622 g/mol. The molecule has 2 spiro atoms. The standard InChI is InChI=1S/2C18H21NO3.Mg/c2*1-19-8-7-18-11-4-5-13(20)17(18)22-16-14(21-2)6-3-10(15(16)18)9-12(11)19;/h2*3,6,11-12,17H,4-5,7-9H2,1-2H3;/q;;+2/t2*11-,12+,17-,18-;/m00./s1. The average molecular weight is 623 g/mol. The van der Waals surface area contributed by atoms with E-state index in [4.69, 9.17) is 18.9 Å².